The van der Waals surface area contributed by atoms with Crippen molar-refractivity contribution >= 4 is 11.6 Å². The predicted octanol–water partition coefficient (Wildman–Crippen LogP) is 2.93. The van der Waals surface area contributed by atoms with Crippen molar-refractivity contribution < 1.29 is 13.9 Å². The van der Waals surface area contributed by atoms with E-state index in [0.717, 1.165) is 22.6 Å². The van der Waals surface area contributed by atoms with Gasteiger partial charge in [0.1, 0.15) is 23.9 Å². The third-order valence-corrected chi connectivity index (χ3v) is 4.20. The smallest absolute Gasteiger partial charge is 0.224 e. The Morgan fingerprint density at radius 2 is 2.00 bits per heavy atom. The van der Waals surface area contributed by atoms with Crippen molar-refractivity contribution in [2.24, 2.45) is 0 Å². The molecule has 0 fully saturated rings. The summed E-state index contributed by atoms with van der Waals surface area (Å²) in [6.07, 6.45) is 3.02. The second kappa shape index (κ2) is 6.95. The first-order chi connectivity index (χ1) is 12.7. The zero-order chi connectivity index (χ0) is 17.9. The first-order valence-corrected chi connectivity index (χ1v) is 8.35. The van der Waals surface area contributed by atoms with Crippen LogP contribution in [-0.2, 0) is 24.4 Å². The Labute approximate surface area is 149 Å². The molecule has 0 bridgehead atoms. The summed E-state index contributed by atoms with van der Waals surface area (Å²) >= 11 is 0. The van der Waals surface area contributed by atoms with Gasteiger partial charge >= 0.3 is 0 Å². The Morgan fingerprint density at radius 1 is 1.15 bits per heavy atom. The van der Waals surface area contributed by atoms with Crippen LogP contribution in [0.15, 0.2) is 48.7 Å². The second-order valence-electron chi connectivity index (χ2n) is 6.19. The lowest BCUT2D eigenvalue weighted by molar-refractivity contribution is -0.116. The minimum atomic E-state index is -0.258. The summed E-state index contributed by atoms with van der Waals surface area (Å²) < 4.78 is 20.4. The Morgan fingerprint density at radius 3 is 2.85 bits per heavy atom. The Kier molecular flexibility index (Phi) is 4.35. The van der Waals surface area contributed by atoms with E-state index in [1.54, 1.807) is 16.8 Å². The van der Waals surface area contributed by atoms with Gasteiger partial charge in [-0.1, -0.05) is 17.3 Å². The number of ether oxygens (including phenoxy) is 1. The summed E-state index contributed by atoms with van der Waals surface area (Å²) in [5.74, 6) is 0.517. The number of nitrogens with zero attached hydrogens (tertiary/aromatic N) is 3. The van der Waals surface area contributed by atoms with Crippen LogP contribution >= 0.6 is 0 Å². The van der Waals surface area contributed by atoms with E-state index in [4.69, 9.17) is 4.74 Å². The van der Waals surface area contributed by atoms with E-state index >= 15 is 0 Å². The molecule has 3 aromatic rings. The summed E-state index contributed by atoms with van der Waals surface area (Å²) in [7, 11) is 0. The van der Waals surface area contributed by atoms with Crippen molar-refractivity contribution in [2.45, 2.75) is 26.0 Å². The van der Waals surface area contributed by atoms with Crippen LogP contribution in [0.5, 0.6) is 5.75 Å². The van der Waals surface area contributed by atoms with Gasteiger partial charge in [0.2, 0.25) is 5.91 Å². The number of hydrogen-bond donors (Lipinski definition) is 1. The fourth-order valence-corrected chi connectivity index (χ4v) is 2.87. The fraction of sp³-hybridized carbons (Fsp3) is 0.211. The Hall–Kier alpha value is -3.22. The number of carbonyl (C=O) groups is 1. The molecule has 132 valence electrons. The quantitative estimate of drug-likeness (QED) is 0.767. The zero-order valence-electron chi connectivity index (χ0n) is 14.0. The molecule has 0 radical (unpaired) electrons. The van der Waals surface area contributed by atoms with Crippen LogP contribution in [0.25, 0.3) is 0 Å². The van der Waals surface area contributed by atoms with Crippen LogP contribution in [0.4, 0.5) is 10.1 Å². The molecule has 1 aliphatic heterocycles. The first-order valence-electron chi connectivity index (χ1n) is 8.35. The Balaban J connectivity index is 1.37. The van der Waals surface area contributed by atoms with Crippen LogP contribution in [0, 0.1) is 5.82 Å². The summed E-state index contributed by atoms with van der Waals surface area (Å²) in [5, 5.41) is 11.0. The summed E-state index contributed by atoms with van der Waals surface area (Å²) in [4.78, 5) is 11.4. The standard InChI is InChI=1S/C19H17FN4O2/c20-15-4-1-13(2-5-15)10-24-11-16(22-23-24)12-26-17-6-7-18-14(9-17)3-8-19(25)21-18/h1-2,4-7,9,11H,3,8,10,12H2,(H,21,25). The molecule has 1 N–H and O–H groups in total. The van der Waals surface area contributed by atoms with Gasteiger partial charge in [0.25, 0.3) is 0 Å². The van der Waals surface area contributed by atoms with E-state index in [2.05, 4.69) is 15.6 Å². The fourth-order valence-electron chi connectivity index (χ4n) is 2.87. The summed E-state index contributed by atoms with van der Waals surface area (Å²) in [6.45, 7) is 0.820. The van der Waals surface area contributed by atoms with Crippen molar-refractivity contribution in [1.82, 2.24) is 15.0 Å². The lowest BCUT2D eigenvalue weighted by Gasteiger charge is -2.17. The van der Waals surface area contributed by atoms with Crippen LogP contribution in [0.2, 0.25) is 0 Å². The van der Waals surface area contributed by atoms with Crippen LogP contribution in [-0.4, -0.2) is 20.9 Å². The number of hydrogen-bond acceptors (Lipinski definition) is 4. The molecule has 6 nitrogen and oxygen atoms in total. The molecule has 2 aromatic carbocycles. The number of nitrogens with one attached hydrogen (secondary N) is 1. The number of aryl methyl sites for hydroxylation is 1. The van der Waals surface area contributed by atoms with E-state index < -0.39 is 0 Å². The average Bonchev–Trinajstić information content (AvgIpc) is 3.09. The van der Waals surface area contributed by atoms with Gasteiger partial charge in [-0.25, -0.2) is 9.07 Å². The molecule has 0 spiro atoms. The van der Waals surface area contributed by atoms with Crippen molar-refractivity contribution in [3.05, 3.63) is 71.3 Å². The van der Waals surface area contributed by atoms with E-state index in [9.17, 15) is 9.18 Å². The molecule has 1 aromatic heterocycles. The minimum absolute atomic E-state index is 0.0453. The zero-order valence-corrected chi connectivity index (χ0v) is 14.0. The van der Waals surface area contributed by atoms with E-state index in [-0.39, 0.29) is 11.7 Å². The van der Waals surface area contributed by atoms with Crippen LogP contribution in [0.3, 0.4) is 0 Å². The highest BCUT2D eigenvalue weighted by atomic mass is 19.1. The molecule has 1 amide bonds. The average molecular weight is 352 g/mol. The molecule has 26 heavy (non-hydrogen) atoms. The SMILES string of the molecule is O=C1CCc2cc(OCc3cn(Cc4ccc(F)cc4)nn3)ccc2N1. The highest BCUT2D eigenvalue weighted by Crippen LogP contribution is 2.27. The van der Waals surface area contributed by atoms with E-state index in [1.165, 1.54) is 12.1 Å². The molecular formula is C19H17FN4O2. The molecule has 0 unspecified atom stereocenters. The maximum absolute atomic E-state index is 12.9. The van der Waals surface area contributed by atoms with Gasteiger partial charge in [0.05, 0.1) is 12.7 Å². The molecule has 0 atom stereocenters. The van der Waals surface area contributed by atoms with Crippen molar-refractivity contribution in [2.75, 3.05) is 5.32 Å². The van der Waals surface area contributed by atoms with Crippen molar-refractivity contribution in [3.8, 4) is 5.75 Å². The number of carbonyl (C=O) groups excluding carboxylic acids is 1. The number of fused-ring (bicyclic) bond motifs is 1. The topological polar surface area (TPSA) is 69.0 Å². The highest BCUT2D eigenvalue weighted by molar-refractivity contribution is 5.93. The van der Waals surface area contributed by atoms with Crippen LogP contribution in [0.1, 0.15) is 23.2 Å². The summed E-state index contributed by atoms with van der Waals surface area (Å²) in [5.41, 5.74) is 3.57. The molecule has 0 aliphatic carbocycles. The van der Waals surface area contributed by atoms with Gasteiger partial charge in [0, 0.05) is 12.1 Å². The van der Waals surface area contributed by atoms with E-state index in [1.807, 2.05) is 24.4 Å². The number of anilines is 1. The molecule has 7 heteroatoms. The van der Waals surface area contributed by atoms with Gasteiger partial charge in [-0.05, 0) is 47.9 Å². The third-order valence-electron chi connectivity index (χ3n) is 4.20. The Bertz CT molecular complexity index is 937. The monoisotopic (exact) mass is 352 g/mol. The number of rotatable bonds is 5. The lowest BCUT2D eigenvalue weighted by Crippen LogP contribution is -2.18. The third kappa shape index (κ3) is 3.72. The number of benzene rings is 2. The van der Waals surface area contributed by atoms with E-state index in [0.29, 0.717) is 31.7 Å². The number of halogens is 1. The number of amides is 1. The van der Waals surface area contributed by atoms with Gasteiger partial charge in [-0.3, -0.25) is 4.79 Å². The van der Waals surface area contributed by atoms with Gasteiger partial charge in [-0.2, -0.15) is 0 Å². The van der Waals surface area contributed by atoms with Gasteiger partial charge < -0.3 is 10.1 Å². The molecule has 1 aliphatic rings. The summed E-state index contributed by atoms with van der Waals surface area (Å²) in [6, 6.07) is 11.9. The number of aromatic nitrogens is 3. The maximum atomic E-state index is 12.9. The van der Waals surface area contributed by atoms with Gasteiger partial charge in [0.15, 0.2) is 0 Å². The molecule has 0 saturated heterocycles. The molecule has 0 saturated carbocycles. The lowest BCUT2D eigenvalue weighted by atomic mass is 10.0. The molecular weight excluding hydrogens is 335 g/mol. The maximum Gasteiger partial charge on any atom is 0.224 e. The highest BCUT2D eigenvalue weighted by Gasteiger charge is 2.15. The largest absolute Gasteiger partial charge is 0.487 e. The minimum Gasteiger partial charge on any atom is -0.487 e. The van der Waals surface area contributed by atoms with Crippen molar-refractivity contribution in [3.63, 3.8) is 0 Å². The predicted molar refractivity (Wildman–Crippen MR) is 93.2 cm³/mol. The van der Waals surface area contributed by atoms with Gasteiger partial charge in [-0.15, -0.1) is 5.10 Å². The van der Waals surface area contributed by atoms with Crippen molar-refractivity contribution in [1.29, 1.82) is 0 Å². The molecule has 2 heterocycles. The normalized spacial score (nSPS) is 13.2. The molecule has 4 rings (SSSR count). The second-order valence-corrected chi connectivity index (χ2v) is 6.19. The van der Waals surface area contributed by atoms with Crippen LogP contribution < -0.4 is 10.1 Å². The first kappa shape index (κ1) is 16.3.